The number of aryl methyl sites for hydroxylation is 1. The van der Waals surface area contributed by atoms with Gasteiger partial charge in [0.05, 0.1) is 11.9 Å². The van der Waals surface area contributed by atoms with Crippen LogP contribution in [-0.4, -0.2) is 35.8 Å². The van der Waals surface area contributed by atoms with Crippen LogP contribution in [0.1, 0.15) is 18.7 Å². The van der Waals surface area contributed by atoms with Gasteiger partial charge in [0.15, 0.2) is 0 Å². The van der Waals surface area contributed by atoms with E-state index >= 15 is 0 Å². The number of ether oxygens (including phenoxy) is 1. The third-order valence-electron chi connectivity index (χ3n) is 2.77. The molecule has 4 N–H and O–H groups in total. The highest BCUT2D eigenvalue weighted by Crippen LogP contribution is 2.30. The van der Waals surface area contributed by atoms with E-state index in [4.69, 9.17) is 10.5 Å². The van der Waals surface area contributed by atoms with Crippen molar-refractivity contribution in [2.45, 2.75) is 20.3 Å². The van der Waals surface area contributed by atoms with Crippen molar-refractivity contribution in [3.05, 3.63) is 10.9 Å². The molecule has 0 radical (unpaired) electrons. The molecule has 2 aromatic heterocycles. The third-order valence-corrected chi connectivity index (χ3v) is 3.94. The first-order valence-electron chi connectivity index (χ1n) is 6.84. The maximum Gasteiger partial charge on any atom is 0.404 e. The molecule has 2 heterocycles. The molecule has 0 aliphatic heterocycles. The molecular formula is C13H19N5O2S. The summed E-state index contributed by atoms with van der Waals surface area (Å²) in [7, 11) is 0. The van der Waals surface area contributed by atoms with Crippen molar-refractivity contribution in [2.75, 3.05) is 30.3 Å². The topological polar surface area (TPSA) is 102 Å². The van der Waals surface area contributed by atoms with Crippen LogP contribution < -0.4 is 16.4 Å². The molecule has 0 saturated carbocycles. The highest BCUT2D eigenvalue weighted by atomic mass is 32.1. The first kappa shape index (κ1) is 15.3. The molecule has 1 amide bonds. The quantitative estimate of drug-likeness (QED) is 0.678. The van der Waals surface area contributed by atoms with Gasteiger partial charge in [-0.15, -0.1) is 11.3 Å². The summed E-state index contributed by atoms with van der Waals surface area (Å²) < 4.78 is 4.70. The van der Waals surface area contributed by atoms with E-state index in [-0.39, 0.29) is 6.61 Å². The third kappa shape index (κ3) is 3.94. The molecule has 0 spiro atoms. The van der Waals surface area contributed by atoms with Crippen LogP contribution in [0.15, 0.2) is 6.07 Å². The van der Waals surface area contributed by atoms with Crippen molar-refractivity contribution in [2.24, 2.45) is 5.73 Å². The first-order chi connectivity index (χ1) is 10.1. The van der Waals surface area contributed by atoms with Crippen LogP contribution in [-0.2, 0) is 11.2 Å². The molecule has 2 aromatic rings. The second kappa shape index (κ2) is 7.07. The van der Waals surface area contributed by atoms with Crippen LogP contribution in [0.4, 0.5) is 16.6 Å². The van der Waals surface area contributed by atoms with Crippen LogP contribution in [0, 0.1) is 0 Å². The Hall–Kier alpha value is -2.09. The summed E-state index contributed by atoms with van der Waals surface area (Å²) in [4.78, 5) is 21.7. The smallest absolute Gasteiger partial charge is 0.404 e. The summed E-state index contributed by atoms with van der Waals surface area (Å²) >= 11 is 1.66. The van der Waals surface area contributed by atoms with Gasteiger partial charge in [0.1, 0.15) is 17.3 Å². The SMILES string of the molecule is CCNc1nc(NCCOC(N)=O)c2cc(CC)sc2n1. The van der Waals surface area contributed by atoms with Crippen molar-refractivity contribution in [1.29, 1.82) is 0 Å². The number of hydrogen-bond acceptors (Lipinski definition) is 7. The minimum Gasteiger partial charge on any atom is -0.448 e. The number of thiophene rings is 1. The average molecular weight is 309 g/mol. The monoisotopic (exact) mass is 309 g/mol. The summed E-state index contributed by atoms with van der Waals surface area (Å²) in [6.45, 7) is 5.49. The predicted molar refractivity (Wildman–Crippen MR) is 85.0 cm³/mol. The zero-order chi connectivity index (χ0) is 15.2. The number of nitrogens with zero attached hydrogens (tertiary/aromatic N) is 2. The molecule has 114 valence electrons. The van der Waals surface area contributed by atoms with Crippen LogP contribution in [0.5, 0.6) is 0 Å². The molecule has 2 rings (SSSR count). The number of primary amides is 1. The molecule has 21 heavy (non-hydrogen) atoms. The fourth-order valence-corrected chi connectivity index (χ4v) is 2.81. The molecular weight excluding hydrogens is 290 g/mol. The Balaban J connectivity index is 2.21. The van der Waals surface area contributed by atoms with Gasteiger partial charge in [-0.1, -0.05) is 6.92 Å². The van der Waals surface area contributed by atoms with E-state index in [1.54, 1.807) is 11.3 Å². The Bertz CT molecular complexity index is 628. The number of nitrogens with one attached hydrogen (secondary N) is 2. The van der Waals surface area contributed by atoms with Crippen LogP contribution in [0.25, 0.3) is 10.2 Å². The van der Waals surface area contributed by atoms with Crippen molar-refractivity contribution in [3.8, 4) is 0 Å². The molecule has 0 aliphatic carbocycles. The van der Waals surface area contributed by atoms with E-state index in [2.05, 4.69) is 33.6 Å². The fraction of sp³-hybridized carbons (Fsp3) is 0.462. The van der Waals surface area contributed by atoms with Gasteiger partial charge < -0.3 is 21.1 Å². The minimum atomic E-state index is -0.776. The van der Waals surface area contributed by atoms with Gasteiger partial charge in [0.2, 0.25) is 5.95 Å². The average Bonchev–Trinajstić information content (AvgIpc) is 2.86. The number of carbonyl (C=O) groups excluding carboxylic acids is 1. The van der Waals surface area contributed by atoms with E-state index < -0.39 is 6.09 Å². The number of nitrogens with two attached hydrogens (primary N) is 1. The van der Waals surface area contributed by atoms with Crippen molar-refractivity contribution >= 4 is 39.4 Å². The van der Waals surface area contributed by atoms with E-state index in [0.29, 0.717) is 12.5 Å². The molecule has 0 bridgehead atoms. The molecule has 7 nitrogen and oxygen atoms in total. The number of rotatable bonds is 7. The van der Waals surface area contributed by atoms with E-state index in [1.165, 1.54) is 4.88 Å². The summed E-state index contributed by atoms with van der Waals surface area (Å²) in [5, 5.41) is 7.26. The lowest BCUT2D eigenvalue weighted by Gasteiger charge is -2.09. The molecule has 8 heteroatoms. The second-order valence-electron chi connectivity index (χ2n) is 4.31. The maximum atomic E-state index is 10.5. The van der Waals surface area contributed by atoms with E-state index in [9.17, 15) is 4.79 Å². The number of carbonyl (C=O) groups is 1. The molecule has 0 aliphatic rings. The minimum absolute atomic E-state index is 0.197. The lowest BCUT2D eigenvalue weighted by Crippen LogP contribution is -2.19. The number of aromatic nitrogens is 2. The van der Waals surface area contributed by atoms with Crippen molar-refractivity contribution in [3.63, 3.8) is 0 Å². The van der Waals surface area contributed by atoms with E-state index in [1.807, 2.05) is 6.92 Å². The number of amides is 1. The highest BCUT2D eigenvalue weighted by molar-refractivity contribution is 7.18. The summed E-state index contributed by atoms with van der Waals surface area (Å²) in [6, 6.07) is 2.09. The van der Waals surface area contributed by atoms with E-state index in [0.717, 1.165) is 29.0 Å². The number of anilines is 2. The van der Waals surface area contributed by atoms with Gasteiger partial charge in [-0.25, -0.2) is 9.78 Å². The van der Waals surface area contributed by atoms with Gasteiger partial charge in [0, 0.05) is 11.4 Å². The van der Waals surface area contributed by atoms with Crippen LogP contribution in [0.2, 0.25) is 0 Å². The second-order valence-corrected chi connectivity index (χ2v) is 5.42. The normalized spacial score (nSPS) is 10.6. The van der Waals surface area contributed by atoms with Gasteiger partial charge in [-0.05, 0) is 19.4 Å². The first-order valence-corrected chi connectivity index (χ1v) is 7.66. The lowest BCUT2D eigenvalue weighted by atomic mass is 10.3. The fourth-order valence-electron chi connectivity index (χ4n) is 1.84. The van der Waals surface area contributed by atoms with Crippen LogP contribution in [0.3, 0.4) is 0 Å². The Morgan fingerprint density at radius 3 is 2.86 bits per heavy atom. The molecule has 0 aromatic carbocycles. The summed E-state index contributed by atoms with van der Waals surface area (Å²) in [6.07, 6.45) is 0.184. The molecule has 0 saturated heterocycles. The summed E-state index contributed by atoms with van der Waals surface area (Å²) in [5.41, 5.74) is 4.92. The number of hydrogen-bond donors (Lipinski definition) is 3. The zero-order valence-corrected chi connectivity index (χ0v) is 12.9. The molecule has 0 fully saturated rings. The molecule has 0 unspecified atom stereocenters. The highest BCUT2D eigenvalue weighted by Gasteiger charge is 2.11. The number of fused-ring (bicyclic) bond motifs is 1. The Morgan fingerprint density at radius 2 is 2.19 bits per heavy atom. The molecule has 0 atom stereocenters. The van der Waals surface area contributed by atoms with Gasteiger partial charge >= 0.3 is 6.09 Å². The van der Waals surface area contributed by atoms with Crippen LogP contribution >= 0.6 is 11.3 Å². The lowest BCUT2D eigenvalue weighted by molar-refractivity contribution is 0.161. The van der Waals surface area contributed by atoms with Crippen molar-refractivity contribution < 1.29 is 9.53 Å². The standard InChI is InChI=1S/C13H19N5O2S/c1-3-8-7-9-10(16-5-6-20-12(14)19)17-13(15-4-2)18-11(9)21-8/h7H,3-6H2,1-2H3,(H2,14,19)(H2,15,16,17,18). The van der Waals surface area contributed by atoms with Gasteiger partial charge in [-0.3, -0.25) is 0 Å². The van der Waals surface area contributed by atoms with Gasteiger partial charge in [-0.2, -0.15) is 4.98 Å². The zero-order valence-electron chi connectivity index (χ0n) is 12.1. The Kier molecular flexibility index (Phi) is 5.15. The maximum absolute atomic E-state index is 10.5. The Labute approximate surface area is 126 Å². The largest absolute Gasteiger partial charge is 0.448 e. The predicted octanol–water partition coefficient (Wildman–Crippen LogP) is 2.19. The van der Waals surface area contributed by atoms with Gasteiger partial charge in [0.25, 0.3) is 0 Å². The van der Waals surface area contributed by atoms with Crippen molar-refractivity contribution in [1.82, 2.24) is 9.97 Å². The summed E-state index contributed by atoms with van der Waals surface area (Å²) in [5.74, 6) is 1.33. The Morgan fingerprint density at radius 1 is 1.38 bits per heavy atom.